The fraction of sp³-hybridized carbons (Fsp3) is 0.735. The molecule has 14 heteroatoms. The fourth-order valence-corrected chi connectivity index (χ4v) is 5.42. The van der Waals surface area contributed by atoms with Crippen LogP contribution in [-0.2, 0) is 58.8 Å². The summed E-state index contributed by atoms with van der Waals surface area (Å²) in [5, 5.41) is 10.9. The molecule has 2 heterocycles. The van der Waals surface area contributed by atoms with Crippen LogP contribution < -0.4 is 0 Å². The van der Waals surface area contributed by atoms with E-state index in [1.54, 1.807) is 13.8 Å². The summed E-state index contributed by atoms with van der Waals surface area (Å²) in [5.41, 5.74) is 0.808. The maximum Gasteiger partial charge on any atom is 0.411 e. The normalized spacial score (nSPS) is 23.8. The molecule has 3 unspecified atom stereocenters. The number of methoxy groups -OCH3 is 1. The number of aliphatic hydroxyl groups is 1. The van der Waals surface area contributed by atoms with Gasteiger partial charge in [-0.15, -0.1) is 0 Å². The number of esters is 2. The van der Waals surface area contributed by atoms with Crippen LogP contribution in [0.3, 0.4) is 0 Å². The third kappa shape index (κ3) is 12.2. The Morgan fingerprint density at radius 3 is 2.33 bits per heavy atom. The van der Waals surface area contributed by atoms with E-state index in [0.717, 1.165) is 24.8 Å². The largest absolute Gasteiger partial charge is 0.469 e. The molecule has 7 atom stereocenters. The average Bonchev–Trinajstić information content (AvgIpc) is 3.51. The molecule has 1 aromatic rings. The van der Waals surface area contributed by atoms with Gasteiger partial charge >= 0.3 is 18.0 Å². The third-order valence-corrected chi connectivity index (χ3v) is 7.81. The molecule has 0 aromatic heterocycles. The van der Waals surface area contributed by atoms with Crippen molar-refractivity contribution in [1.29, 1.82) is 0 Å². The molecule has 1 aromatic carbocycles. The van der Waals surface area contributed by atoms with Crippen LogP contribution in [-0.4, -0.2) is 117 Å². The fourth-order valence-electron chi connectivity index (χ4n) is 5.42. The molecule has 2 fully saturated rings. The number of hydrogen-bond acceptors (Lipinski definition) is 13. The molecule has 1 amide bonds. The third-order valence-electron chi connectivity index (χ3n) is 7.81. The Labute approximate surface area is 283 Å². The monoisotopic (exact) mass is 683 g/mol. The number of aliphatic hydroxyl groups excluding tert-OH is 1. The lowest BCUT2D eigenvalue weighted by atomic mass is 10.0. The van der Waals surface area contributed by atoms with Crippen molar-refractivity contribution in [2.75, 3.05) is 40.1 Å². The van der Waals surface area contributed by atoms with Gasteiger partial charge in [-0.05, 0) is 32.3 Å². The highest BCUT2D eigenvalue weighted by Crippen LogP contribution is 2.34. The topological polar surface area (TPSA) is 158 Å². The summed E-state index contributed by atoms with van der Waals surface area (Å²) in [7, 11) is 1.25. The summed E-state index contributed by atoms with van der Waals surface area (Å²) < 4.78 is 52.7. The van der Waals surface area contributed by atoms with E-state index in [-0.39, 0.29) is 39.4 Å². The number of benzene rings is 1. The second kappa shape index (κ2) is 20.0. The molecule has 48 heavy (non-hydrogen) atoms. The van der Waals surface area contributed by atoms with Gasteiger partial charge in [0.25, 0.3) is 0 Å². The minimum Gasteiger partial charge on any atom is -0.469 e. The number of ether oxygens (including phenoxy) is 9. The van der Waals surface area contributed by atoms with Gasteiger partial charge in [-0.3, -0.25) is 14.5 Å². The number of carbonyl (C=O) groups excluding carboxylic acids is 3. The molecule has 0 radical (unpaired) electrons. The van der Waals surface area contributed by atoms with Crippen molar-refractivity contribution in [2.45, 2.75) is 122 Å². The molecule has 3 rings (SSSR count). The summed E-state index contributed by atoms with van der Waals surface area (Å²) >= 11 is 0. The molecule has 0 aliphatic carbocycles. The van der Waals surface area contributed by atoms with Crippen LogP contribution in [0.2, 0.25) is 0 Å². The maximum atomic E-state index is 13.4. The number of carbonyl (C=O) groups is 3. The molecule has 14 nitrogen and oxygen atoms in total. The standard InChI is InChI=1S/C34H53NO13/c1-7-9-16-41-18-19-43-32(28-26(22-44-23(3)36)46-33(39)35(28)21-24-14-12-11-13-15-24)45-25(20-27(37)40-6)29(42-17-10-8-2)30-31(38)48-34(4,5)47-30/h11-15,25-26,28-32,38H,7-10,16-22H2,1-6H3/t25-,26?,28?,29?,30+,31-,32-/m1/s1. The van der Waals surface area contributed by atoms with Crippen molar-refractivity contribution in [3.05, 3.63) is 35.9 Å². The van der Waals surface area contributed by atoms with Gasteiger partial charge in [-0.2, -0.15) is 0 Å². The summed E-state index contributed by atoms with van der Waals surface area (Å²) in [4.78, 5) is 39.5. The number of unbranched alkanes of at least 4 members (excludes halogenated alkanes) is 2. The Bertz CT molecular complexity index is 1120. The molecule has 0 saturated carbocycles. The van der Waals surface area contributed by atoms with Crippen LogP contribution >= 0.6 is 0 Å². The van der Waals surface area contributed by atoms with E-state index in [9.17, 15) is 19.5 Å². The quantitative estimate of drug-likeness (QED) is 0.0817. The molecule has 272 valence electrons. The molecule has 1 N–H and O–H groups in total. The van der Waals surface area contributed by atoms with Crippen LogP contribution in [0.4, 0.5) is 4.79 Å². The first kappa shape index (κ1) is 39.6. The second-order valence-corrected chi connectivity index (χ2v) is 12.2. The Balaban J connectivity index is 2.03. The molecule has 2 saturated heterocycles. The molecule has 2 aliphatic heterocycles. The molecule has 0 spiro atoms. The Morgan fingerprint density at radius 1 is 1.00 bits per heavy atom. The number of rotatable bonds is 22. The van der Waals surface area contributed by atoms with Gasteiger partial charge in [0.1, 0.15) is 31.0 Å². The van der Waals surface area contributed by atoms with Crippen molar-refractivity contribution in [3.63, 3.8) is 0 Å². The Hall–Kier alpha value is -2.85. The van der Waals surface area contributed by atoms with E-state index in [1.165, 1.54) is 18.9 Å². The maximum absolute atomic E-state index is 13.4. The highest BCUT2D eigenvalue weighted by atomic mass is 16.8. The lowest BCUT2D eigenvalue weighted by Gasteiger charge is -2.37. The minimum atomic E-state index is -1.40. The van der Waals surface area contributed by atoms with E-state index >= 15 is 0 Å². The van der Waals surface area contributed by atoms with E-state index in [2.05, 4.69) is 6.92 Å². The Morgan fingerprint density at radius 2 is 1.71 bits per heavy atom. The summed E-state index contributed by atoms with van der Waals surface area (Å²) in [6, 6.07) is 8.33. The Kier molecular flexibility index (Phi) is 16.5. The lowest BCUT2D eigenvalue weighted by molar-refractivity contribution is -0.246. The van der Waals surface area contributed by atoms with Crippen molar-refractivity contribution >= 4 is 18.0 Å². The smallest absolute Gasteiger partial charge is 0.411 e. The zero-order valence-corrected chi connectivity index (χ0v) is 29.0. The van der Waals surface area contributed by atoms with Crippen LogP contribution in [0.5, 0.6) is 0 Å². The summed E-state index contributed by atoms with van der Waals surface area (Å²) in [5.74, 6) is -2.32. The molecule has 0 bridgehead atoms. The number of cyclic esters (lactones) is 1. The van der Waals surface area contributed by atoms with Gasteiger partial charge in [-0.25, -0.2) is 4.79 Å². The zero-order valence-electron chi connectivity index (χ0n) is 29.0. The van der Waals surface area contributed by atoms with Gasteiger partial charge in [0.2, 0.25) is 0 Å². The molecule has 2 aliphatic rings. The van der Waals surface area contributed by atoms with Crippen molar-refractivity contribution in [3.8, 4) is 0 Å². The average molecular weight is 684 g/mol. The van der Waals surface area contributed by atoms with Crippen molar-refractivity contribution in [1.82, 2.24) is 4.90 Å². The van der Waals surface area contributed by atoms with E-state index < -0.39 is 66.9 Å². The van der Waals surface area contributed by atoms with Gasteiger partial charge < -0.3 is 47.7 Å². The van der Waals surface area contributed by atoms with E-state index in [4.69, 9.17) is 42.6 Å². The predicted octanol–water partition coefficient (Wildman–Crippen LogP) is 3.70. The van der Waals surface area contributed by atoms with E-state index in [0.29, 0.717) is 13.0 Å². The van der Waals surface area contributed by atoms with Crippen molar-refractivity contribution < 1.29 is 62.1 Å². The van der Waals surface area contributed by atoms with Crippen LogP contribution in [0, 0.1) is 0 Å². The molecular weight excluding hydrogens is 630 g/mol. The van der Waals surface area contributed by atoms with Crippen LogP contribution in [0.15, 0.2) is 30.3 Å². The second-order valence-electron chi connectivity index (χ2n) is 12.2. The SMILES string of the molecule is CCCCOCCO[C@H](O[C@H](CC(=O)OC)C(OCCCC)[C@@H]1OC(C)(C)O[C@H]1O)C1C(COC(C)=O)OC(=O)N1Cc1ccccc1. The van der Waals surface area contributed by atoms with Gasteiger partial charge in [0.15, 0.2) is 24.5 Å². The van der Waals surface area contributed by atoms with Crippen LogP contribution in [0.1, 0.15) is 72.3 Å². The zero-order chi connectivity index (χ0) is 35.1. The van der Waals surface area contributed by atoms with Gasteiger partial charge in [-0.1, -0.05) is 57.0 Å². The first-order valence-electron chi connectivity index (χ1n) is 16.7. The highest BCUT2D eigenvalue weighted by molar-refractivity contribution is 5.71. The van der Waals surface area contributed by atoms with Crippen LogP contribution in [0.25, 0.3) is 0 Å². The minimum absolute atomic E-state index is 0.0591. The summed E-state index contributed by atoms with van der Waals surface area (Å²) in [6.07, 6.45) is -4.50. The number of hydrogen-bond donors (Lipinski definition) is 1. The van der Waals surface area contributed by atoms with Gasteiger partial charge in [0, 0.05) is 26.7 Å². The first-order chi connectivity index (χ1) is 23.0. The number of amides is 1. The first-order valence-corrected chi connectivity index (χ1v) is 16.7. The van der Waals surface area contributed by atoms with E-state index in [1.807, 2.05) is 37.3 Å². The molecular formula is C34H53NO13. The van der Waals surface area contributed by atoms with Crippen molar-refractivity contribution in [2.24, 2.45) is 0 Å². The summed E-state index contributed by atoms with van der Waals surface area (Å²) in [6.45, 7) is 9.58. The lowest BCUT2D eigenvalue weighted by Crippen LogP contribution is -2.54. The number of nitrogens with zero attached hydrogens (tertiary/aromatic N) is 1. The van der Waals surface area contributed by atoms with Gasteiger partial charge in [0.05, 0.1) is 26.7 Å². The highest BCUT2D eigenvalue weighted by Gasteiger charge is 2.52. The predicted molar refractivity (Wildman–Crippen MR) is 170 cm³/mol.